The zero-order valence-electron chi connectivity index (χ0n) is 20.7. The first kappa shape index (κ1) is 26.0. The number of nitrogens with zero attached hydrogens (tertiary/aromatic N) is 3. The number of carbonyl (C=O) groups excluding carboxylic acids is 1. The Morgan fingerprint density at radius 2 is 1.91 bits per heavy atom. The number of ether oxygens (including phenoxy) is 1. The van der Waals surface area contributed by atoms with E-state index in [0.717, 1.165) is 51.1 Å². The van der Waals surface area contributed by atoms with E-state index >= 15 is 4.39 Å². The molecule has 0 bridgehead atoms. The van der Waals surface area contributed by atoms with E-state index in [1.54, 1.807) is 43.4 Å². The Kier molecular flexibility index (Phi) is 9.72. The Morgan fingerprint density at radius 3 is 2.56 bits per heavy atom. The van der Waals surface area contributed by atoms with Gasteiger partial charge in [0.2, 0.25) is 0 Å². The molecule has 34 heavy (non-hydrogen) atoms. The molecule has 1 heterocycles. The number of rotatable bonds is 12. The molecule has 0 aliphatic carbocycles. The molecule has 1 aliphatic heterocycles. The van der Waals surface area contributed by atoms with Crippen molar-refractivity contribution in [1.82, 2.24) is 4.90 Å². The molecule has 1 atom stereocenters. The van der Waals surface area contributed by atoms with Gasteiger partial charge in [0, 0.05) is 44.0 Å². The molecule has 7 heteroatoms. The number of unbranched alkanes of at least 4 members (excludes halogenated alkanes) is 1. The van der Waals surface area contributed by atoms with E-state index in [2.05, 4.69) is 23.6 Å². The Balaban J connectivity index is 1.64. The lowest BCUT2D eigenvalue weighted by Crippen LogP contribution is -2.40. The number of carbonyl (C=O) groups is 1. The normalized spacial score (nSPS) is 15.7. The molecule has 1 N–H and O–H groups in total. The van der Waals surface area contributed by atoms with Crippen LogP contribution in [0.2, 0.25) is 0 Å². The van der Waals surface area contributed by atoms with Gasteiger partial charge in [0.15, 0.2) is 0 Å². The molecule has 0 aromatic heterocycles. The summed E-state index contributed by atoms with van der Waals surface area (Å²) in [6.45, 7) is 8.11. The van der Waals surface area contributed by atoms with Crippen LogP contribution in [-0.4, -0.2) is 68.4 Å². The number of anilines is 2. The maximum atomic E-state index is 15.1. The van der Waals surface area contributed by atoms with Gasteiger partial charge < -0.3 is 19.6 Å². The summed E-state index contributed by atoms with van der Waals surface area (Å²) >= 11 is 0. The summed E-state index contributed by atoms with van der Waals surface area (Å²) in [6.07, 6.45) is 4.02. The quantitative estimate of drug-likeness (QED) is 0.460. The lowest BCUT2D eigenvalue weighted by Gasteiger charge is -2.28. The van der Waals surface area contributed by atoms with Gasteiger partial charge in [0.1, 0.15) is 11.6 Å². The second-order valence-electron chi connectivity index (χ2n) is 8.87. The largest absolute Gasteiger partial charge is 0.494 e. The van der Waals surface area contributed by atoms with E-state index in [0.29, 0.717) is 36.1 Å². The van der Waals surface area contributed by atoms with Crippen molar-refractivity contribution in [3.05, 3.63) is 53.8 Å². The molecule has 0 radical (unpaired) electrons. The van der Waals surface area contributed by atoms with Crippen molar-refractivity contribution in [3.63, 3.8) is 0 Å². The number of aliphatic hydroxyl groups is 1. The topological polar surface area (TPSA) is 56.2 Å². The number of amides is 1. The van der Waals surface area contributed by atoms with Crippen molar-refractivity contribution < 1.29 is 19.0 Å². The van der Waals surface area contributed by atoms with Gasteiger partial charge in [-0.05, 0) is 68.3 Å². The summed E-state index contributed by atoms with van der Waals surface area (Å²) < 4.78 is 20.8. The molecule has 186 valence electrons. The summed E-state index contributed by atoms with van der Waals surface area (Å²) in [5, 5.41) is 9.36. The maximum absolute atomic E-state index is 15.1. The first-order valence-electron chi connectivity index (χ1n) is 12.4. The fraction of sp³-hybridized carbons (Fsp3) is 0.519. The van der Waals surface area contributed by atoms with Crippen molar-refractivity contribution in [2.24, 2.45) is 0 Å². The number of hydrogen-bond donors (Lipinski definition) is 1. The van der Waals surface area contributed by atoms with Crippen LogP contribution in [0.15, 0.2) is 42.5 Å². The van der Waals surface area contributed by atoms with E-state index < -0.39 is 0 Å². The van der Waals surface area contributed by atoms with Crippen LogP contribution in [0.25, 0.3) is 0 Å². The molecule has 6 nitrogen and oxygen atoms in total. The van der Waals surface area contributed by atoms with Gasteiger partial charge in [-0.25, -0.2) is 4.39 Å². The van der Waals surface area contributed by atoms with Gasteiger partial charge >= 0.3 is 0 Å². The Morgan fingerprint density at radius 1 is 1.15 bits per heavy atom. The highest BCUT2D eigenvalue weighted by Gasteiger charge is 2.29. The van der Waals surface area contributed by atoms with Crippen molar-refractivity contribution >= 4 is 17.3 Å². The fourth-order valence-corrected chi connectivity index (χ4v) is 4.45. The molecule has 1 unspecified atom stereocenters. The lowest BCUT2D eigenvalue weighted by molar-refractivity contribution is 0.0993. The minimum atomic E-state index is -0.332. The Bertz CT molecular complexity index is 916. The van der Waals surface area contributed by atoms with Gasteiger partial charge in [-0.3, -0.25) is 9.69 Å². The van der Waals surface area contributed by atoms with Gasteiger partial charge in [-0.2, -0.15) is 0 Å². The zero-order chi connectivity index (χ0) is 24.5. The predicted octanol–water partition coefficient (Wildman–Crippen LogP) is 4.56. The second-order valence-corrected chi connectivity index (χ2v) is 8.87. The molecule has 1 saturated heterocycles. The Labute approximate surface area is 202 Å². The van der Waals surface area contributed by atoms with Crippen LogP contribution in [0, 0.1) is 5.82 Å². The highest BCUT2D eigenvalue weighted by atomic mass is 19.1. The molecule has 3 rings (SSSR count). The van der Waals surface area contributed by atoms with Gasteiger partial charge in [0.25, 0.3) is 5.91 Å². The summed E-state index contributed by atoms with van der Waals surface area (Å²) in [5.41, 5.74) is 1.59. The summed E-state index contributed by atoms with van der Waals surface area (Å²) in [4.78, 5) is 18.8. The van der Waals surface area contributed by atoms with E-state index in [-0.39, 0.29) is 18.3 Å². The van der Waals surface area contributed by atoms with E-state index in [9.17, 15) is 9.90 Å². The minimum Gasteiger partial charge on any atom is -0.494 e. The smallest absolute Gasteiger partial charge is 0.258 e. The molecule has 2 aromatic rings. The maximum Gasteiger partial charge on any atom is 0.258 e. The third-order valence-corrected chi connectivity index (χ3v) is 6.41. The second kappa shape index (κ2) is 12.7. The lowest BCUT2D eigenvalue weighted by atomic mass is 10.1. The van der Waals surface area contributed by atoms with Crippen molar-refractivity contribution in [2.45, 2.75) is 45.6 Å². The van der Waals surface area contributed by atoms with Gasteiger partial charge in [-0.1, -0.05) is 20.3 Å². The van der Waals surface area contributed by atoms with Crippen LogP contribution in [-0.2, 0) is 0 Å². The first-order chi connectivity index (χ1) is 16.5. The molecule has 0 spiro atoms. The van der Waals surface area contributed by atoms with E-state index in [1.165, 1.54) is 11.0 Å². The highest BCUT2D eigenvalue weighted by Crippen LogP contribution is 2.29. The van der Waals surface area contributed by atoms with Crippen LogP contribution in [0.1, 0.15) is 49.9 Å². The van der Waals surface area contributed by atoms with Gasteiger partial charge in [0.05, 0.1) is 18.9 Å². The number of benzene rings is 2. The summed E-state index contributed by atoms with van der Waals surface area (Å²) in [6, 6.07) is 12.4. The third-order valence-electron chi connectivity index (χ3n) is 6.41. The molecule has 1 amide bonds. The molecular formula is C27H38FN3O3. The number of halogens is 1. The van der Waals surface area contributed by atoms with Crippen LogP contribution in [0.4, 0.5) is 15.8 Å². The average molecular weight is 472 g/mol. The van der Waals surface area contributed by atoms with Crippen molar-refractivity contribution in [2.75, 3.05) is 56.2 Å². The Hall–Kier alpha value is -2.64. The SMILES string of the molecule is CCCCOc1ccc(C(=O)N(C)c2ccc(N3CCC(N(CCC)CCO)C3)c(F)c2)cc1. The highest BCUT2D eigenvalue weighted by molar-refractivity contribution is 6.05. The number of hydrogen-bond acceptors (Lipinski definition) is 5. The van der Waals surface area contributed by atoms with Crippen molar-refractivity contribution in [1.29, 1.82) is 0 Å². The summed E-state index contributed by atoms with van der Waals surface area (Å²) in [5.74, 6) is 0.206. The summed E-state index contributed by atoms with van der Waals surface area (Å²) in [7, 11) is 1.66. The predicted molar refractivity (Wildman–Crippen MR) is 136 cm³/mol. The zero-order valence-corrected chi connectivity index (χ0v) is 20.7. The van der Waals surface area contributed by atoms with Crippen LogP contribution in [0.3, 0.4) is 0 Å². The molecule has 1 fully saturated rings. The first-order valence-corrected chi connectivity index (χ1v) is 12.4. The van der Waals surface area contributed by atoms with Crippen LogP contribution >= 0.6 is 0 Å². The van der Waals surface area contributed by atoms with E-state index in [1.807, 2.05) is 0 Å². The molecule has 2 aromatic carbocycles. The standard InChI is InChI=1S/C27H38FN3O3/c1-4-6-18-34-24-10-7-21(8-11-24)27(33)29(3)22-9-12-26(25(28)19-22)31-15-13-23(20-31)30(14-5-2)16-17-32/h7-12,19,23,32H,4-6,13-18,20H2,1-3H3. The average Bonchev–Trinajstić information content (AvgIpc) is 3.33. The van der Waals surface area contributed by atoms with Crippen LogP contribution in [0.5, 0.6) is 5.75 Å². The van der Waals surface area contributed by atoms with Gasteiger partial charge in [-0.15, -0.1) is 0 Å². The number of aliphatic hydroxyl groups excluding tert-OH is 1. The third kappa shape index (κ3) is 6.48. The van der Waals surface area contributed by atoms with E-state index in [4.69, 9.17) is 4.74 Å². The fourth-order valence-electron chi connectivity index (χ4n) is 4.45. The minimum absolute atomic E-state index is 0.133. The molecular weight excluding hydrogens is 433 g/mol. The monoisotopic (exact) mass is 471 g/mol. The molecule has 1 aliphatic rings. The van der Waals surface area contributed by atoms with Crippen molar-refractivity contribution in [3.8, 4) is 5.75 Å². The van der Waals surface area contributed by atoms with Crippen LogP contribution < -0.4 is 14.5 Å². The molecule has 0 saturated carbocycles.